The Morgan fingerprint density at radius 2 is 2.07 bits per heavy atom. The summed E-state index contributed by atoms with van der Waals surface area (Å²) in [4.78, 5) is 0. The largest absolute Gasteiger partial charge is 0.391 e. The number of hydrogen-bond acceptors (Lipinski definition) is 3. The van der Waals surface area contributed by atoms with Gasteiger partial charge in [0.2, 0.25) is 0 Å². The van der Waals surface area contributed by atoms with Crippen LogP contribution >= 0.6 is 11.8 Å². The molecule has 0 radical (unpaired) electrons. The molecular formula is C11H13NOS. The second kappa shape index (κ2) is 5.69. The maximum absolute atomic E-state index is 9.72. The molecule has 1 rings (SSSR count). The van der Waals surface area contributed by atoms with E-state index in [0.29, 0.717) is 0 Å². The van der Waals surface area contributed by atoms with Crippen LogP contribution in [0, 0.1) is 11.3 Å². The monoisotopic (exact) mass is 207 g/mol. The van der Waals surface area contributed by atoms with E-state index in [4.69, 9.17) is 5.26 Å². The number of benzene rings is 1. The highest BCUT2D eigenvalue weighted by Crippen LogP contribution is 2.31. The molecule has 0 aliphatic heterocycles. The highest BCUT2D eigenvalue weighted by molar-refractivity contribution is 7.98. The summed E-state index contributed by atoms with van der Waals surface area (Å²) in [6, 6.07) is 11.8. The third-order valence-corrected chi connectivity index (χ3v) is 3.13. The number of aliphatic hydroxyl groups is 1. The van der Waals surface area contributed by atoms with Crippen LogP contribution in [-0.2, 0) is 0 Å². The van der Waals surface area contributed by atoms with Gasteiger partial charge in [0, 0.05) is 0 Å². The molecule has 0 heterocycles. The van der Waals surface area contributed by atoms with Crippen LogP contribution in [-0.4, -0.2) is 17.5 Å². The minimum Gasteiger partial charge on any atom is -0.391 e. The molecule has 2 atom stereocenters. The average molecular weight is 207 g/mol. The van der Waals surface area contributed by atoms with Crippen molar-refractivity contribution in [3.63, 3.8) is 0 Å². The van der Waals surface area contributed by atoms with Gasteiger partial charge in [-0.3, -0.25) is 0 Å². The standard InChI is InChI=1S/C11H13NOS/c1-14-11(10(13)7-8-12)9-5-3-2-4-6-9/h2-6,10-11,13H,7H2,1H3. The van der Waals surface area contributed by atoms with Crippen LogP contribution in [0.3, 0.4) is 0 Å². The van der Waals surface area contributed by atoms with Gasteiger partial charge in [0.05, 0.1) is 23.8 Å². The lowest BCUT2D eigenvalue weighted by molar-refractivity contribution is 0.177. The minimum atomic E-state index is -0.586. The van der Waals surface area contributed by atoms with Crippen molar-refractivity contribution in [3.05, 3.63) is 35.9 Å². The van der Waals surface area contributed by atoms with E-state index in [1.807, 2.05) is 42.7 Å². The van der Waals surface area contributed by atoms with Gasteiger partial charge in [0.1, 0.15) is 0 Å². The van der Waals surface area contributed by atoms with E-state index < -0.39 is 6.10 Å². The van der Waals surface area contributed by atoms with Crippen molar-refractivity contribution >= 4 is 11.8 Å². The quantitative estimate of drug-likeness (QED) is 0.824. The summed E-state index contributed by atoms with van der Waals surface area (Å²) in [5.74, 6) is 0. The van der Waals surface area contributed by atoms with E-state index >= 15 is 0 Å². The molecule has 0 bridgehead atoms. The number of nitriles is 1. The molecule has 0 saturated carbocycles. The van der Waals surface area contributed by atoms with Gasteiger partial charge in [-0.05, 0) is 11.8 Å². The van der Waals surface area contributed by atoms with Crippen LogP contribution in [0.1, 0.15) is 17.2 Å². The molecule has 14 heavy (non-hydrogen) atoms. The fourth-order valence-electron chi connectivity index (χ4n) is 1.36. The average Bonchev–Trinajstić information content (AvgIpc) is 2.21. The van der Waals surface area contributed by atoms with Gasteiger partial charge in [-0.1, -0.05) is 30.3 Å². The van der Waals surface area contributed by atoms with E-state index in [2.05, 4.69) is 0 Å². The van der Waals surface area contributed by atoms with Crippen LogP contribution in [0.4, 0.5) is 0 Å². The van der Waals surface area contributed by atoms with E-state index in [1.54, 1.807) is 11.8 Å². The Morgan fingerprint density at radius 3 is 2.57 bits per heavy atom. The lowest BCUT2D eigenvalue weighted by Crippen LogP contribution is -2.14. The van der Waals surface area contributed by atoms with Gasteiger partial charge in [-0.15, -0.1) is 0 Å². The molecular weight excluding hydrogens is 194 g/mol. The smallest absolute Gasteiger partial charge is 0.0829 e. The molecule has 0 aromatic heterocycles. The summed E-state index contributed by atoms with van der Waals surface area (Å²) in [5, 5.41) is 18.2. The van der Waals surface area contributed by atoms with Gasteiger partial charge in [0.15, 0.2) is 0 Å². The van der Waals surface area contributed by atoms with Crippen molar-refractivity contribution in [3.8, 4) is 6.07 Å². The second-order valence-electron chi connectivity index (χ2n) is 3.00. The van der Waals surface area contributed by atoms with Crippen molar-refractivity contribution in [2.24, 2.45) is 0 Å². The van der Waals surface area contributed by atoms with Crippen LogP contribution in [0.25, 0.3) is 0 Å². The van der Waals surface area contributed by atoms with Gasteiger partial charge in [0.25, 0.3) is 0 Å². The molecule has 1 aromatic carbocycles. The van der Waals surface area contributed by atoms with E-state index in [0.717, 1.165) is 5.56 Å². The fourth-order valence-corrected chi connectivity index (χ4v) is 2.20. The van der Waals surface area contributed by atoms with Crippen molar-refractivity contribution in [2.75, 3.05) is 6.26 Å². The third kappa shape index (κ3) is 2.76. The van der Waals surface area contributed by atoms with E-state index in [1.165, 1.54) is 0 Å². The zero-order valence-corrected chi connectivity index (χ0v) is 8.87. The van der Waals surface area contributed by atoms with E-state index in [-0.39, 0.29) is 11.7 Å². The molecule has 1 aromatic rings. The molecule has 3 heteroatoms. The number of thioether (sulfide) groups is 1. The Balaban J connectivity index is 2.78. The van der Waals surface area contributed by atoms with Crippen LogP contribution < -0.4 is 0 Å². The lowest BCUT2D eigenvalue weighted by Gasteiger charge is -2.19. The first kappa shape index (κ1) is 11.1. The van der Waals surface area contributed by atoms with Gasteiger partial charge < -0.3 is 5.11 Å². The van der Waals surface area contributed by atoms with Crippen molar-refractivity contribution in [1.29, 1.82) is 5.26 Å². The maximum Gasteiger partial charge on any atom is 0.0829 e. The molecule has 74 valence electrons. The Labute approximate surface area is 88.6 Å². The Kier molecular flexibility index (Phi) is 4.51. The third-order valence-electron chi connectivity index (χ3n) is 2.03. The summed E-state index contributed by atoms with van der Waals surface area (Å²) < 4.78 is 0. The number of aliphatic hydroxyl groups excluding tert-OH is 1. The lowest BCUT2D eigenvalue weighted by atomic mass is 10.1. The molecule has 2 nitrogen and oxygen atoms in total. The fraction of sp³-hybridized carbons (Fsp3) is 0.364. The molecule has 0 amide bonds. The molecule has 0 saturated heterocycles. The van der Waals surface area contributed by atoms with Crippen molar-refractivity contribution < 1.29 is 5.11 Å². The van der Waals surface area contributed by atoms with Gasteiger partial charge in [-0.2, -0.15) is 17.0 Å². The molecule has 0 aliphatic rings. The Hall–Kier alpha value is -0.980. The maximum atomic E-state index is 9.72. The van der Waals surface area contributed by atoms with Gasteiger partial charge >= 0.3 is 0 Å². The zero-order valence-electron chi connectivity index (χ0n) is 8.05. The first-order valence-corrected chi connectivity index (χ1v) is 5.71. The normalized spacial score (nSPS) is 14.4. The summed E-state index contributed by atoms with van der Waals surface area (Å²) in [7, 11) is 0. The summed E-state index contributed by atoms with van der Waals surface area (Å²) in [5.41, 5.74) is 1.07. The number of nitrogens with zero attached hydrogens (tertiary/aromatic N) is 1. The second-order valence-corrected chi connectivity index (χ2v) is 3.98. The molecule has 0 spiro atoms. The SMILES string of the molecule is CSC(c1ccccc1)C(O)CC#N. The first-order valence-electron chi connectivity index (χ1n) is 4.42. The van der Waals surface area contributed by atoms with Crippen molar-refractivity contribution in [2.45, 2.75) is 17.8 Å². The molecule has 0 fully saturated rings. The van der Waals surface area contributed by atoms with Crippen LogP contribution in [0.5, 0.6) is 0 Å². The molecule has 2 unspecified atom stereocenters. The predicted octanol–water partition coefficient (Wildman–Crippen LogP) is 2.37. The van der Waals surface area contributed by atoms with Gasteiger partial charge in [-0.25, -0.2) is 0 Å². The highest BCUT2D eigenvalue weighted by atomic mass is 32.2. The Bertz CT molecular complexity index is 307. The summed E-state index contributed by atoms with van der Waals surface area (Å²) >= 11 is 1.57. The molecule has 0 aliphatic carbocycles. The number of hydrogen-bond donors (Lipinski definition) is 1. The first-order chi connectivity index (χ1) is 6.79. The van der Waals surface area contributed by atoms with Crippen LogP contribution in [0.2, 0.25) is 0 Å². The minimum absolute atomic E-state index is 0.00384. The van der Waals surface area contributed by atoms with Crippen LogP contribution in [0.15, 0.2) is 30.3 Å². The molecule has 1 N–H and O–H groups in total. The topological polar surface area (TPSA) is 44.0 Å². The van der Waals surface area contributed by atoms with E-state index in [9.17, 15) is 5.11 Å². The predicted molar refractivity (Wildman–Crippen MR) is 58.9 cm³/mol. The summed E-state index contributed by atoms with van der Waals surface area (Å²) in [6.45, 7) is 0. The zero-order chi connectivity index (χ0) is 10.4. The van der Waals surface area contributed by atoms with Crippen molar-refractivity contribution in [1.82, 2.24) is 0 Å². The highest BCUT2D eigenvalue weighted by Gasteiger charge is 2.19. The Morgan fingerprint density at radius 1 is 1.43 bits per heavy atom. The summed E-state index contributed by atoms with van der Waals surface area (Å²) in [6.07, 6.45) is 1.54. The number of rotatable bonds is 4.